The van der Waals surface area contributed by atoms with Gasteiger partial charge in [-0.25, -0.2) is 4.21 Å². The summed E-state index contributed by atoms with van der Waals surface area (Å²) in [6, 6.07) is 21.6. The van der Waals surface area contributed by atoms with Crippen LogP contribution < -0.4 is 19.3 Å². The Labute approximate surface area is 305 Å². The van der Waals surface area contributed by atoms with Gasteiger partial charge in [0.25, 0.3) is 5.91 Å². The summed E-state index contributed by atoms with van der Waals surface area (Å²) < 4.78 is 22.7. The van der Waals surface area contributed by atoms with Crippen LogP contribution in [0.15, 0.2) is 78.9 Å². The number of rotatable bonds is 6. The van der Waals surface area contributed by atoms with Gasteiger partial charge < -0.3 is 14.5 Å². The fraction of sp³-hybridized carbons (Fsp3) is 0.463. The van der Waals surface area contributed by atoms with Crippen molar-refractivity contribution in [3.05, 3.63) is 101 Å². The lowest BCUT2D eigenvalue weighted by Crippen LogP contribution is -2.43. The monoisotopic (exact) mass is 715 g/mol. The van der Waals surface area contributed by atoms with E-state index in [1.54, 1.807) is 11.0 Å². The molecule has 1 N–H and O–H groups in total. The number of halogens is 1. The second kappa shape index (κ2) is 16.2. The van der Waals surface area contributed by atoms with Crippen LogP contribution in [0, 0.1) is 23.7 Å². The van der Waals surface area contributed by atoms with Gasteiger partial charge in [0.1, 0.15) is 16.7 Å². The minimum Gasteiger partial charge on any atom is -0.491 e. The Hall–Kier alpha value is -3.62. The van der Waals surface area contributed by atoms with E-state index < -0.39 is 11.0 Å². The lowest BCUT2D eigenvalue weighted by Gasteiger charge is -2.44. The van der Waals surface area contributed by atoms with E-state index in [2.05, 4.69) is 47.8 Å². The smallest absolute Gasteiger partial charge is 0.263 e. The zero-order chi connectivity index (χ0) is 35.4. The number of amides is 2. The highest BCUT2D eigenvalue weighted by molar-refractivity contribution is 7.84. The number of ether oxygens (including phenoxy) is 1. The quantitative estimate of drug-likeness (QED) is 0.260. The highest BCUT2D eigenvalue weighted by atomic mass is 35.5. The van der Waals surface area contributed by atoms with Crippen LogP contribution >= 0.6 is 11.6 Å². The van der Waals surface area contributed by atoms with E-state index in [0.717, 1.165) is 60.9 Å². The number of hydrogen-bond donors (Lipinski definition) is 1. The van der Waals surface area contributed by atoms with Gasteiger partial charge >= 0.3 is 0 Å². The predicted molar refractivity (Wildman–Crippen MR) is 205 cm³/mol. The van der Waals surface area contributed by atoms with Crippen LogP contribution in [-0.4, -0.2) is 48.0 Å². The Kier molecular flexibility index (Phi) is 11.7. The molecule has 2 bridgehead atoms. The van der Waals surface area contributed by atoms with Crippen LogP contribution in [0.4, 0.5) is 11.4 Å². The van der Waals surface area contributed by atoms with Crippen molar-refractivity contribution in [2.45, 2.75) is 70.5 Å². The molecular formula is C41H50ClN3O4S. The Morgan fingerprint density at radius 1 is 1.06 bits per heavy atom. The molecule has 3 aliphatic rings. The van der Waals surface area contributed by atoms with E-state index in [4.69, 9.17) is 16.3 Å². The second-order valence-electron chi connectivity index (χ2n) is 14.4. The molecule has 7 nitrogen and oxygen atoms in total. The van der Waals surface area contributed by atoms with Gasteiger partial charge in [0.2, 0.25) is 5.91 Å². The molecule has 0 aromatic heterocycles. The average Bonchev–Trinajstić information content (AvgIpc) is 3.28. The van der Waals surface area contributed by atoms with Crippen molar-refractivity contribution in [1.29, 1.82) is 0 Å². The van der Waals surface area contributed by atoms with Gasteiger partial charge in [-0.1, -0.05) is 68.3 Å². The van der Waals surface area contributed by atoms with Crippen LogP contribution in [0.5, 0.6) is 5.75 Å². The van der Waals surface area contributed by atoms with Crippen molar-refractivity contribution in [3.63, 3.8) is 0 Å². The van der Waals surface area contributed by atoms with Gasteiger partial charge in [-0.15, -0.1) is 0 Å². The molecule has 2 amide bonds. The number of nitrogens with one attached hydrogen (secondary N) is 1. The first-order valence-electron chi connectivity index (χ1n) is 18.1. The molecule has 2 heterocycles. The summed E-state index contributed by atoms with van der Waals surface area (Å²) in [5.41, 5.74) is 4.72. The number of benzene rings is 3. The van der Waals surface area contributed by atoms with Gasteiger partial charge in [-0.2, -0.15) is 0 Å². The fourth-order valence-electron chi connectivity index (χ4n) is 7.73. The first-order chi connectivity index (χ1) is 24.1. The van der Waals surface area contributed by atoms with Crippen molar-refractivity contribution < 1.29 is 18.5 Å². The van der Waals surface area contributed by atoms with E-state index in [-0.39, 0.29) is 34.8 Å². The molecule has 0 spiro atoms. The van der Waals surface area contributed by atoms with Crippen molar-refractivity contribution in [2.24, 2.45) is 23.7 Å². The molecule has 266 valence electrons. The summed E-state index contributed by atoms with van der Waals surface area (Å²) in [5.74, 6) is 1.42. The minimum atomic E-state index is -1.57. The Bertz CT molecular complexity index is 1730. The Balaban J connectivity index is 1.35. The van der Waals surface area contributed by atoms with Crippen molar-refractivity contribution >= 4 is 45.8 Å². The Morgan fingerprint density at radius 2 is 1.86 bits per heavy atom. The summed E-state index contributed by atoms with van der Waals surface area (Å²) >= 11 is 6.46. The van der Waals surface area contributed by atoms with Gasteiger partial charge in [0.15, 0.2) is 0 Å². The normalized spacial score (nSPS) is 27.5. The van der Waals surface area contributed by atoms with Crippen LogP contribution in [0.3, 0.4) is 0 Å². The molecule has 50 heavy (non-hydrogen) atoms. The number of allylic oxidation sites excluding steroid dienone is 2. The Morgan fingerprint density at radius 3 is 2.60 bits per heavy atom. The van der Waals surface area contributed by atoms with E-state index in [1.165, 1.54) is 11.1 Å². The third-order valence-corrected chi connectivity index (χ3v) is 12.9. The molecule has 0 radical (unpaired) electrons. The molecule has 7 unspecified atom stereocenters. The van der Waals surface area contributed by atoms with Crippen molar-refractivity contribution in [2.75, 3.05) is 36.5 Å². The average molecular weight is 716 g/mol. The van der Waals surface area contributed by atoms with Crippen molar-refractivity contribution in [1.82, 2.24) is 4.72 Å². The summed E-state index contributed by atoms with van der Waals surface area (Å²) in [4.78, 5) is 31.4. The van der Waals surface area contributed by atoms with Gasteiger partial charge in [-0.05, 0) is 110 Å². The van der Waals surface area contributed by atoms with Crippen LogP contribution in [0.25, 0.3) is 0 Å². The number of hydrogen-bond acceptors (Lipinski definition) is 5. The molecule has 6 rings (SSSR count). The largest absolute Gasteiger partial charge is 0.491 e. The number of nitrogens with zero attached hydrogens (tertiary/aromatic N) is 2. The first-order valence-corrected chi connectivity index (χ1v) is 19.7. The highest BCUT2D eigenvalue weighted by Gasteiger charge is 2.40. The zero-order valence-electron chi connectivity index (χ0n) is 29.6. The number of carbonyl (C=O) groups is 2. The third-order valence-electron chi connectivity index (χ3n) is 11.1. The molecule has 9 heteroatoms. The maximum Gasteiger partial charge on any atom is 0.263 e. The fourth-order valence-corrected chi connectivity index (χ4v) is 8.95. The number of anilines is 2. The molecule has 3 aromatic carbocycles. The highest BCUT2D eigenvalue weighted by Crippen LogP contribution is 2.45. The van der Waals surface area contributed by atoms with E-state index >= 15 is 0 Å². The molecule has 1 saturated carbocycles. The van der Waals surface area contributed by atoms with Gasteiger partial charge in [0.05, 0.1) is 17.5 Å². The lowest BCUT2D eigenvalue weighted by atomic mass is 9.65. The van der Waals surface area contributed by atoms with E-state index in [9.17, 15) is 13.8 Å². The summed E-state index contributed by atoms with van der Waals surface area (Å²) in [7, 11) is 0.292. The molecule has 0 saturated heterocycles. The van der Waals surface area contributed by atoms with Crippen LogP contribution in [-0.2, 0) is 22.2 Å². The standard InChI is InChI=1S/C41H50ClN3O4S/c1-5-10-29-21-34(42)17-19-37(29)33-25-45-24-32-15-18-36(32)30(23-40(46)44(4)35-13-7-6-8-14-35)12-9-11-27(2)28(3)50(48)43-41(47)31-16-20-39(49-26-33)38(45)22-31/h6-9,12-14,16-17,19-22,27-28,30,32-33,36H,5,10-11,15,18,23-26H2,1-4H3,(H,43,47)/b12-9+. The summed E-state index contributed by atoms with van der Waals surface area (Å²) in [6.45, 7) is 8.18. The molecule has 3 aromatic rings. The number of para-hydroxylation sites is 1. The molecule has 1 aliphatic carbocycles. The van der Waals surface area contributed by atoms with Crippen LogP contribution in [0.2, 0.25) is 5.02 Å². The maximum absolute atomic E-state index is 13.8. The second-order valence-corrected chi connectivity index (χ2v) is 16.4. The number of carbonyl (C=O) groups excluding carboxylic acids is 2. The van der Waals surface area contributed by atoms with E-state index in [0.29, 0.717) is 36.8 Å². The molecule has 1 fully saturated rings. The topological polar surface area (TPSA) is 79.0 Å². The SMILES string of the molecule is CCCc1cc(Cl)ccc1C1COc2ccc3cc2N(C1)CC1CCC1C(CC(=O)N(C)c1ccccc1)/C=C/CC(C)C(C)S(=O)NC3=O. The van der Waals surface area contributed by atoms with Crippen molar-refractivity contribution in [3.8, 4) is 5.75 Å². The predicted octanol–water partition coefficient (Wildman–Crippen LogP) is 8.35. The molecule has 7 atom stereocenters. The van der Waals surface area contributed by atoms with E-state index in [1.807, 2.05) is 62.5 Å². The number of aryl methyl sites for hydroxylation is 1. The summed E-state index contributed by atoms with van der Waals surface area (Å²) in [5, 5.41) is 0.482. The zero-order valence-corrected chi connectivity index (χ0v) is 31.2. The summed E-state index contributed by atoms with van der Waals surface area (Å²) in [6.07, 6.45) is 9.63. The third kappa shape index (κ3) is 8.13. The number of fused-ring (bicyclic) bond motifs is 2. The van der Waals surface area contributed by atoms with Gasteiger partial charge in [-0.3, -0.25) is 14.3 Å². The maximum atomic E-state index is 13.8. The minimum absolute atomic E-state index is 0.0687. The molecule has 2 aliphatic heterocycles. The lowest BCUT2D eigenvalue weighted by molar-refractivity contribution is -0.119. The van der Waals surface area contributed by atoms with Gasteiger partial charge in [0, 0.05) is 48.7 Å². The first kappa shape index (κ1) is 36.2. The van der Waals surface area contributed by atoms with Crippen LogP contribution in [0.1, 0.15) is 80.3 Å². The molecular weight excluding hydrogens is 666 g/mol.